The fraction of sp³-hybridized carbons (Fsp3) is 0.571. The van der Waals surface area contributed by atoms with Gasteiger partial charge in [0.25, 0.3) is 0 Å². The summed E-state index contributed by atoms with van der Waals surface area (Å²) in [6.07, 6.45) is 3.34. The third-order valence-electron chi connectivity index (χ3n) is 4.44. The molecule has 1 N–H and O–H groups in total. The molecule has 3 rings (SSSR count). The minimum absolute atomic E-state index is 0.00315. The van der Waals surface area contributed by atoms with Crippen molar-refractivity contribution in [2.75, 3.05) is 25.9 Å². The quantitative estimate of drug-likeness (QED) is 0.837. The van der Waals surface area contributed by atoms with Gasteiger partial charge in [-0.2, -0.15) is 4.31 Å². The third kappa shape index (κ3) is 2.30. The van der Waals surface area contributed by atoms with Gasteiger partial charge in [0.1, 0.15) is 0 Å². The lowest BCUT2D eigenvalue weighted by atomic mass is 9.70. The molecule has 1 aromatic rings. The van der Waals surface area contributed by atoms with E-state index in [4.69, 9.17) is 0 Å². The first-order valence-electron chi connectivity index (χ1n) is 6.76. The molecule has 0 aliphatic carbocycles. The number of hydrogen-bond donors (Lipinski definition) is 1. The molecule has 0 aromatic heterocycles. The fourth-order valence-electron chi connectivity index (χ4n) is 3.41. The maximum atomic E-state index is 11.9. The van der Waals surface area contributed by atoms with Gasteiger partial charge in [-0.25, -0.2) is 8.42 Å². The maximum absolute atomic E-state index is 11.9. The highest BCUT2D eigenvalue weighted by Gasteiger charge is 2.42. The van der Waals surface area contributed by atoms with Crippen molar-refractivity contribution in [2.45, 2.75) is 24.8 Å². The van der Waals surface area contributed by atoms with Gasteiger partial charge in [-0.05, 0) is 37.1 Å². The Balaban J connectivity index is 2.08. The van der Waals surface area contributed by atoms with Crippen molar-refractivity contribution in [3.8, 4) is 0 Å². The van der Waals surface area contributed by atoms with E-state index in [1.807, 2.05) is 6.07 Å². The Morgan fingerprint density at radius 3 is 2.58 bits per heavy atom. The van der Waals surface area contributed by atoms with Crippen LogP contribution >= 0.6 is 0 Å². The molecule has 0 amide bonds. The monoisotopic (exact) mass is 280 g/mol. The molecule has 2 aliphatic rings. The Bertz CT molecular complexity index is 577. The van der Waals surface area contributed by atoms with Crippen LogP contribution in [0.3, 0.4) is 0 Å². The molecule has 104 valence electrons. The second-order valence-electron chi connectivity index (χ2n) is 5.72. The average molecular weight is 280 g/mol. The van der Waals surface area contributed by atoms with Crippen LogP contribution in [-0.4, -0.2) is 38.6 Å². The normalized spacial score (nSPS) is 23.2. The highest BCUT2D eigenvalue weighted by molar-refractivity contribution is 7.88. The van der Waals surface area contributed by atoms with Gasteiger partial charge in [-0.15, -0.1) is 0 Å². The molecule has 2 heterocycles. The SMILES string of the molecule is CS(=O)(=O)N1Cc2ccccc2C2(CCNCC2)C1. The van der Waals surface area contributed by atoms with Crippen molar-refractivity contribution in [3.63, 3.8) is 0 Å². The van der Waals surface area contributed by atoms with E-state index in [2.05, 4.69) is 23.5 Å². The van der Waals surface area contributed by atoms with Gasteiger partial charge < -0.3 is 5.32 Å². The van der Waals surface area contributed by atoms with Gasteiger partial charge in [-0.3, -0.25) is 0 Å². The number of benzene rings is 1. The number of rotatable bonds is 1. The van der Waals surface area contributed by atoms with E-state index in [0.717, 1.165) is 25.9 Å². The molecule has 0 bridgehead atoms. The van der Waals surface area contributed by atoms with Gasteiger partial charge >= 0.3 is 0 Å². The minimum Gasteiger partial charge on any atom is -0.317 e. The van der Waals surface area contributed by atoms with E-state index < -0.39 is 10.0 Å². The molecule has 1 saturated heterocycles. The molecule has 1 spiro atoms. The van der Waals surface area contributed by atoms with Crippen LogP contribution in [0.5, 0.6) is 0 Å². The lowest BCUT2D eigenvalue weighted by molar-refractivity contribution is 0.216. The van der Waals surface area contributed by atoms with Gasteiger partial charge in [0, 0.05) is 18.5 Å². The summed E-state index contributed by atoms with van der Waals surface area (Å²) in [5.74, 6) is 0. The Hall–Kier alpha value is -0.910. The van der Waals surface area contributed by atoms with Crippen molar-refractivity contribution < 1.29 is 8.42 Å². The molecule has 1 aromatic carbocycles. The summed E-state index contributed by atoms with van der Waals surface area (Å²) in [5.41, 5.74) is 2.53. The zero-order valence-corrected chi connectivity index (χ0v) is 12.0. The van der Waals surface area contributed by atoms with E-state index in [9.17, 15) is 8.42 Å². The van der Waals surface area contributed by atoms with Crippen molar-refractivity contribution in [1.29, 1.82) is 0 Å². The molecule has 2 aliphatic heterocycles. The largest absolute Gasteiger partial charge is 0.317 e. The number of nitrogens with one attached hydrogen (secondary N) is 1. The van der Waals surface area contributed by atoms with E-state index >= 15 is 0 Å². The van der Waals surface area contributed by atoms with Crippen LogP contribution in [0.1, 0.15) is 24.0 Å². The van der Waals surface area contributed by atoms with E-state index in [1.54, 1.807) is 4.31 Å². The van der Waals surface area contributed by atoms with Gasteiger partial charge in [0.05, 0.1) is 6.26 Å². The number of nitrogens with zero attached hydrogens (tertiary/aromatic N) is 1. The predicted octanol–water partition coefficient (Wildman–Crippen LogP) is 1.08. The smallest absolute Gasteiger partial charge is 0.211 e. The molecule has 4 nitrogen and oxygen atoms in total. The Morgan fingerprint density at radius 2 is 1.89 bits per heavy atom. The zero-order chi connectivity index (χ0) is 13.5. The van der Waals surface area contributed by atoms with Gasteiger partial charge in [0.15, 0.2) is 0 Å². The Morgan fingerprint density at radius 1 is 1.21 bits per heavy atom. The summed E-state index contributed by atoms with van der Waals surface area (Å²) < 4.78 is 25.5. The van der Waals surface area contributed by atoms with Crippen LogP contribution in [0, 0.1) is 0 Å². The van der Waals surface area contributed by atoms with Gasteiger partial charge in [0.2, 0.25) is 10.0 Å². The van der Waals surface area contributed by atoms with Crippen LogP contribution in [0.2, 0.25) is 0 Å². The third-order valence-corrected chi connectivity index (χ3v) is 5.64. The predicted molar refractivity (Wildman–Crippen MR) is 75.5 cm³/mol. The summed E-state index contributed by atoms with van der Waals surface area (Å²) in [7, 11) is -3.13. The molecule has 0 radical (unpaired) electrons. The molecule has 0 unspecified atom stereocenters. The first-order chi connectivity index (χ1) is 9.01. The lowest BCUT2D eigenvalue weighted by Crippen LogP contribution is -2.52. The summed E-state index contributed by atoms with van der Waals surface area (Å²) in [6, 6.07) is 8.31. The summed E-state index contributed by atoms with van der Waals surface area (Å²) in [5, 5.41) is 3.37. The highest BCUT2D eigenvalue weighted by atomic mass is 32.2. The number of piperidine rings is 1. The molecule has 5 heteroatoms. The van der Waals surface area contributed by atoms with Crippen LogP contribution < -0.4 is 5.32 Å². The topological polar surface area (TPSA) is 49.4 Å². The van der Waals surface area contributed by atoms with E-state index in [0.29, 0.717) is 13.1 Å². The Labute approximate surface area is 114 Å². The molecule has 1 fully saturated rings. The van der Waals surface area contributed by atoms with Crippen molar-refractivity contribution >= 4 is 10.0 Å². The van der Waals surface area contributed by atoms with Crippen LogP contribution in [0.15, 0.2) is 24.3 Å². The average Bonchev–Trinajstić information content (AvgIpc) is 2.39. The lowest BCUT2D eigenvalue weighted by Gasteiger charge is -2.45. The Kier molecular flexibility index (Phi) is 3.15. The summed E-state index contributed by atoms with van der Waals surface area (Å²) in [4.78, 5) is 0. The van der Waals surface area contributed by atoms with Crippen molar-refractivity contribution in [1.82, 2.24) is 9.62 Å². The number of fused-ring (bicyclic) bond motifs is 2. The molecular formula is C14H20N2O2S. The maximum Gasteiger partial charge on any atom is 0.211 e. The van der Waals surface area contributed by atoms with E-state index in [-0.39, 0.29) is 5.41 Å². The summed E-state index contributed by atoms with van der Waals surface area (Å²) in [6.45, 7) is 3.08. The van der Waals surface area contributed by atoms with Crippen LogP contribution in [0.4, 0.5) is 0 Å². The second-order valence-corrected chi connectivity index (χ2v) is 7.70. The fourth-order valence-corrected chi connectivity index (χ4v) is 4.27. The standard InChI is InChI=1S/C14H20N2O2S/c1-19(17,18)16-10-12-4-2-3-5-13(12)14(11-16)6-8-15-9-7-14/h2-5,15H,6-11H2,1H3. The van der Waals surface area contributed by atoms with E-state index in [1.165, 1.54) is 17.4 Å². The molecule has 19 heavy (non-hydrogen) atoms. The van der Waals surface area contributed by atoms with Crippen LogP contribution in [0.25, 0.3) is 0 Å². The number of sulfonamides is 1. The first kappa shape index (κ1) is 13.1. The number of hydrogen-bond acceptors (Lipinski definition) is 3. The van der Waals surface area contributed by atoms with Gasteiger partial charge in [-0.1, -0.05) is 24.3 Å². The second kappa shape index (κ2) is 4.58. The highest BCUT2D eigenvalue weighted by Crippen LogP contribution is 2.40. The minimum atomic E-state index is -3.13. The van der Waals surface area contributed by atoms with Crippen LogP contribution in [-0.2, 0) is 22.0 Å². The molecular weight excluding hydrogens is 260 g/mol. The van der Waals surface area contributed by atoms with Crippen molar-refractivity contribution in [3.05, 3.63) is 35.4 Å². The first-order valence-corrected chi connectivity index (χ1v) is 8.60. The summed E-state index contributed by atoms with van der Waals surface area (Å²) >= 11 is 0. The van der Waals surface area contributed by atoms with Crippen molar-refractivity contribution in [2.24, 2.45) is 0 Å². The zero-order valence-electron chi connectivity index (χ0n) is 11.2. The molecule has 0 atom stereocenters. The molecule has 0 saturated carbocycles.